The molecule has 1 aromatic rings. The molecule has 18 heavy (non-hydrogen) atoms. The van der Waals surface area contributed by atoms with Gasteiger partial charge in [0, 0.05) is 13.7 Å². The molecule has 0 spiro atoms. The summed E-state index contributed by atoms with van der Waals surface area (Å²) < 4.78 is 4.92. The van der Waals surface area contributed by atoms with Gasteiger partial charge in [-0.3, -0.25) is 4.79 Å². The van der Waals surface area contributed by atoms with Gasteiger partial charge in [-0.2, -0.15) is 0 Å². The molecule has 0 heterocycles. The van der Waals surface area contributed by atoms with E-state index in [9.17, 15) is 4.79 Å². The Bertz CT molecular complexity index is 341. The second-order valence-electron chi connectivity index (χ2n) is 4.08. The fraction of sp³-hybridized carbons (Fsp3) is 0.500. The Balaban J connectivity index is 2.50. The number of nitrogens with one attached hydrogen (secondary N) is 2. The number of hydrogen-bond acceptors (Lipinski definition) is 3. The molecule has 1 atom stereocenters. The first-order valence-electron chi connectivity index (χ1n) is 6.32. The van der Waals surface area contributed by atoms with Crippen molar-refractivity contribution in [2.75, 3.05) is 26.8 Å². The molecule has 1 amide bonds. The summed E-state index contributed by atoms with van der Waals surface area (Å²) in [5.74, 6) is 0.0257. The molecule has 0 saturated carbocycles. The number of carbonyl (C=O) groups is 1. The quantitative estimate of drug-likeness (QED) is 0.676. The Morgan fingerprint density at radius 2 is 2.06 bits per heavy atom. The Morgan fingerprint density at radius 3 is 2.67 bits per heavy atom. The molecule has 0 aliphatic heterocycles. The van der Waals surface area contributed by atoms with Crippen LogP contribution in [0.4, 0.5) is 0 Å². The van der Waals surface area contributed by atoms with Crippen LogP contribution in [0.25, 0.3) is 0 Å². The highest BCUT2D eigenvalue weighted by atomic mass is 16.5. The third-order valence-electron chi connectivity index (χ3n) is 2.66. The summed E-state index contributed by atoms with van der Waals surface area (Å²) in [6, 6.07) is 9.83. The number of rotatable bonds is 8. The van der Waals surface area contributed by atoms with E-state index in [0.29, 0.717) is 19.6 Å². The fourth-order valence-electron chi connectivity index (χ4n) is 1.75. The molecule has 0 saturated heterocycles. The third kappa shape index (κ3) is 5.29. The van der Waals surface area contributed by atoms with Crippen LogP contribution in [0, 0.1) is 0 Å². The van der Waals surface area contributed by atoms with Gasteiger partial charge in [-0.15, -0.1) is 0 Å². The Kier molecular flexibility index (Phi) is 7.06. The van der Waals surface area contributed by atoms with Gasteiger partial charge >= 0.3 is 0 Å². The topological polar surface area (TPSA) is 50.4 Å². The highest BCUT2D eigenvalue weighted by Crippen LogP contribution is 2.03. The van der Waals surface area contributed by atoms with Crippen LogP contribution in [-0.2, 0) is 16.0 Å². The molecule has 4 nitrogen and oxygen atoms in total. The minimum atomic E-state index is -0.186. The molecule has 0 aromatic heterocycles. The first kappa shape index (κ1) is 14.7. The summed E-state index contributed by atoms with van der Waals surface area (Å²) in [5.41, 5.74) is 1.16. The second-order valence-corrected chi connectivity index (χ2v) is 4.08. The monoisotopic (exact) mass is 250 g/mol. The van der Waals surface area contributed by atoms with Crippen LogP contribution in [0.15, 0.2) is 30.3 Å². The minimum Gasteiger partial charge on any atom is -0.383 e. The molecule has 100 valence electrons. The Hall–Kier alpha value is -1.39. The number of methoxy groups -OCH3 is 1. The number of benzene rings is 1. The van der Waals surface area contributed by atoms with E-state index in [2.05, 4.69) is 10.6 Å². The molecule has 1 unspecified atom stereocenters. The maximum Gasteiger partial charge on any atom is 0.237 e. The number of amides is 1. The van der Waals surface area contributed by atoms with E-state index in [0.717, 1.165) is 12.1 Å². The van der Waals surface area contributed by atoms with Gasteiger partial charge < -0.3 is 15.4 Å². The molecule has 0 bridgehead atoms. The maximum absolute atomic E-state index is 12.0. The molecule has 1 rings (SSSR count). The van der Waals surface area contributed by atoms with Crippen LogP contribution >= 0.6 is 0 Å². The molecular formula is C14H22N2O2. The summed E-state index contributed by atoms with van der Waals surface area (Å²) in [5, 5.41) is 6.07. The van der Waals surface area contributed by atoms with E-state index in [1.807, 2.05) is 37.3 Å². The molecule has 0 fully saturated rings. The normalized spacial score (nSPS) is 12.1. The van der Waals surface area contributed by atoms with Gasteiger partial charge in [-0.25, -0.2) is 0 Å². The largest absolute Gasteiger partial charge is 0.383 e. The highest BCUT2D eigenvalue weighted by molar-refractivity contribution is 5.82. The zero-order chi connectivity index (χ0) is 13.2. The molecule has 0 aliphatic carbocycles. The van der Waals surface area contributed by atoms with Gasteiger partial charge in [0.15, 0.2) is 0 Å². The third-order valence-corrected chi connectivity index (χ3v) is 2.66. The van der Waals surface area contributed by atoms with E-state index in [-0.39, 0.29) is 11.9 Å². The van der Waals surface area contributed by atoms with Crippen molar-refractivity contribution in [1.82, 2.24) is 10.6 Å². The lowest BCUT2D eigenvalue weighted by Gasteiger charge is -2.17. The van der Waals surface area contributed by atoms with Gasteiger partial charge in [0.1, 0.15) is 0 Å². The summed E-state index contributed by atoms with van der Waals surface area (Å²) >= 11 is 0. The molecule has 0 aliphatic rings. The molecule has 1 aromatic carbocycles. The van der Waals surface area contributed by atoms with E-state index >= 15 is 0 Å². The number of likely N-dealkylation sites (N-methyl/N-ethyl adjacent to an activating group) is 1. The van der Waals surface area contributed by atoms with Crippen LogP contribution < -0.4 is 10.6 Å². The van der Waals surface area contributed by atoms with Gasteiger partial charge in [0.25, 0.3) is 0 Å². The van der Waals surface area contributed by atoms with Crippen molar-refractivity contribution in [3.8, 4) is 0 Å². The maximum atomic E-state index is 12.0. The molecule has 2 N–H and O–H groups in total. The number of ether oxygens (including phenoxy) is 1. The summed E-state index contributed by atoms with van der Waals surface area (Å²) in [6.45, 7) is 3.86. The predicted octanol–water partition coefficient (Wildman–Crippen LogP) is 0.970. The van der Waals surface area contributed by atoms with Crippen LogP contribution in [0.3, 0.4) is 0 Å². The molecule has 0 radical (unpaired) electrons. The average molecular weight is 250 g/mol. The lowest BCUT2D eigenvalue weighted by atomic mass is 10.1. The highest BCUT2D eigenvalue weighted by Gasteiger charge is 2.16. The summed E-state index contributed by atoms with van der Waals surface area (Å²) in [6.07, 6.45) is 0.702. The van der Waals surface area contributed by atoms with Crippen molar-refractivity contribution in [3.05, 3.63) is 35.9 Å². The van der Waals surface area contributed by atoms with Crippen LogP contribution in [0.1, 0.15) is 12.5 Å². The first-order chi connectivity index (χ1) is 8.77. The summed E-state index contributed by atoms with van der Waals surface area (Å²) in [7, 11) is 1.62. The number of hydrogen-bond donors (Lipinski definition) is 2. The van der Waals surface area contributed by atoms with Gasteiger partial charge in [-0.1, -0.05) is 37.3 Å². The van der Waals surface area contributed by atoms with Crippen molar-refractivity contribution in [2.24, 2.45) is 0 Å². The van der Waals surface area contributed by atoms with Gasteiger partial charge in [0.2, 0.25) is 5.91 Å². The standard InChI is InChI=1S/C14H22N2O2/c1-3-15-13(14(17)16-9-10-18-2)11-12-7-5-4-6-8-12/h4-8,13,15H,3,9-11H2,1-2H3,(H,16,17). The average Bonchev–Trinajstić information content (AvgIpc) is 2.39. The van der Waals surface area contributed by atoms with E-state index in [1.54, 1.807) is 7.11 Å². The van der Waals surface area contributed by atoms with Gasteiger partial charge in [-0.05, 0) is 18.5 Å². The van der Waals surface area contributed by atoms with Crippen LogP contribution in [-0.4, -0.2) is 38.8 Å². The van der Waals surface area contributed by atoms with E-state index in [4.69, 9.17) is 4.74 Å². The van der Waals surface area contributed by atoms with Crippen molar-refractivity contribution in [1.29, 1.82) is 0 Å². The van der Waals surface area contributed by atoms with Crippen molar-refractivity contribution >= 4 is 5.91 Å². The van der Waals surface area contributed by atoms with Crippen molar-refractivity contribution < 1.29 is 9.53 Å². The number of carbonyl (C=O) groups excluding carboxylic acids is 1. The first-order valence-corrected chi connectivity index (χ1v) is 6.32. The van der Waals surface area contributed by atoms with Crippen LogP contribution in [0.5, 0.6) is 0 Å². The Labute approximate surface area is 109 Å². The SMILES string of the molecule is CCNC(Cc1ccccc1)C(=O)NCCOC. The van der Waals surface area contributed by atoms with Crippen molar-refractivity contribution in [2.45, 2.75) is 19.4 Å². The zero-order valence-electron chi connectivity index (χ0n) is 11.1. The molecular weight excluding hydrogens is 228 g/mol. The van der Waals surface area contributed by atoms with Crippen molar-refractivity contribution in [3.63, 3.8) is 0 Å². The van der Waals surface area contributed by atoms with Crippen LogP contribution in [0.2, 0.25) is 0 Å². The minimum absolute atomic E-state index is 0.0257. The summed E-state index contributed by atoms with van der Waals surface area (Å²) in [4.78, 5) is 12.0. The second kappa shape index (κ2) is 8.66. The Morgan fingerprint density at radius 1 is 1.33 bits per heavy atom. The van der Waals surface area contributed by atoms with Gasteiger partial charge in [0.05, 0.1) is 12.6 Å². The van der Waals surface area contributed by atoms with E-state index in [1.165, 1.54) is 0 Å². The molecule has 4 heteroatoms. The predicted molar refractivity (Wildman–Crippen MR) is 72.5 cm³/mol. The lowest BCUT2D eigenvalue weighted by Crippen LogP contribution is -2.46. The lowest BCUT2D eigenvalue weighted by molar-refractivity contribution is -0.123. The zero-order valence-corrected chi connectivity index (χ0v) is 11.1. The fourth-order valence-corrected chi connectivity index (χ4v) is 1.75. The van der Waals surface area contributed by atoms with E-state index < -0.39 is 0 Å². The smallest absolute Gasteiger partial charge is 0.237 e.